The van der Waals surface area contributed by atoms with Crippen LogP contribution in [0.4, 0.5) is 15.8 Å². The Morgan fingerprint density at radius 3 is 2.23 bits per heavy atom. The van der Waals surface area contributed by atoms with Crippen LogP contribution < -0.4 is 10.2 Å². The zero-order valence-corrected chi connectivity index (χ0v) is 20.0. The van der Waals surface area contributed by atoms with E-state index in [1.54, 1.807) is 36.4 Å². The van der Waals surface area contributed by atoms with Gasteiger partial charge in [-0.3, -0.25) is 14.4 Å². The summed E-state index contributed by atoms with van der Waals surface area (Å²) < 4.78 is 19.1. The molecule has 1 fully saturated rings. The number of carbonyl (C=O) groups excluding carboxylic acids is 4. The summed E-state index contributed by atoms with van der Waals surface area (Å²) in [4.78, 5) is 50.9. The number of hydrogen-bond donors (Lipinski definition) is 1. The number of ketones is 1. The molecular formula is C26H20BrFN2O5. The van der Waals surface area contributed by atoms with E-state index in [0.717, 1.165) is 4.47 Å². The fraction of sp³-hybridized carbons (Fsp3) is 0.154. The largest absolute Gasteiger partial charge is 0.454 e. The minimum Gasteiger partial charge on any atom is -0.454 e. The van der Waals surface area contributed by atoms with Crippen LogP contribution in [0.3, 0.4) is 0 Å². The van der Waals surface area contributed by atoms with Gasteiger partial charge >= 0.3 is 5.97 Å². The Kier molecular flexibility index (Phi) is 7.36. The Morgan fingerprint density at radius 2 is 1.57 bits per heavy atom. The number of rotatable bonds is 7. The second-order valence-corrected chi connectivity index (χ2v) is 8.87. The van der Waals surface area contributed by atoms with Crippen molar-refractivity contribution in [1.29, 1.82) is 0 Å². The van der Waals surface area contributed by atoms with Gasteiger partial charge in [-0.15, -0.1) is 0 Å². The molecule has 0 radical (unpaired) electrons. The van der Waals surface area contributed by atoms with Crippen molar-refractivity contribution in [2.75, 3.05) is 23.4 Å². The Morgan fingerprint density at radius 1 is 0.943 bits per heavy atom. The van der Waals surface area contributed by atoms with E-state index in [4.69, 9.17) is 4.74 Å². The molecule has 1 aliphatic rings. The van der Waals surface area contributed by atoms with Crippen LogP contribution in [0.1, 0.15) is 27.1 Å². The van der Waals surface area contributed by atoms with Gasteiger partial charge in [-0.05, 0) is 60.7 Å². The fourth-order valence-electron chi connectivity index (χ4n) is 3.62. The number of carbonyl (C=O) groups is 4. The number of nitrogens with one attached hydrogen (secondary N) is 1. The van der Waals surface area contributed by atoms with E-state index >= 15 is 0 Å². The molecule has 9 heteroatoms. The van der Waals surface area contributed by atoms with Crippen LogP contribution in [0, 0.1) is 11.7 Å². The van der Waals surface area contributed by atoms with Crippen molar-refractivity contribution in [3.63, 3.8) is 0 Å². The molecule has 1 saturated heterocycles. The second kappa shape index (κ2) is 10.6. The van der Waals surface area contributed by atoms with Crippen molar-refractivity contribution in [3.8, 4) is 0 Å². The van der Waals surface area contributed by atoms with Crippen LogP contribution in [-0.2, 0) is 14.3 Å². The summed E-state index contributed by atoms with van der Waals surface area (Å²) in [6.07, 6.45) is 0.0417. The number of hydrogen-bond acceptors (Lipinski definition) is 5. The van der Waals surface area contributed by atoms with Crippen LogP contribution in [0.2, 0.25) is 0 Å². The van der Waals surface area contributed by atoms with Crippen molar-refractivity contribution >= 4 is 50.9 Å². The fourth-order valence-corrected chi connectivity index (χ4v) is 3.89. The molecule has 1 heterocycles. The minimum atomic E-state index is -0.662. The third-order valence-corrected chi connectivity index (χ3v) is 6.05. The topological polar surface area (TPSA) is 92.8 Å². The maximum Gasteiger partial charge on any atom is 0.338 e. The number of nitrogens with zero attached hydrogens (tertiary/aromatic N) is 1. The highest BCUT2D eigenvalue weighted by atomic mass is 79.9. The third-order valence-electron chi connectivity index (χ3n) is 5.52. The molecule has 3 aromatic rings. The molecule has 1 aliphatic heterocycles. The van der Waals surface area contributed by atoms with Gasteiger partial charge in [-0.1, -0.05) is 28.1 Å². The van der Waals surface area contributed by atoms with Crippen LogP contribution in [-0.4, -0.2) is 36.7 Å². The summed E-state index contributed by atoms with van der Waals surface area (Å²) >= 11 is 3.29. The van der Waals surface area contributed by atoms with Crippen molar-refractivity contribution in [2.45, 2.75) is 6.42 Å². The van der Waals surface area contributed by atoms with Gasteiger partial charge < -0.3 is 15.0 Å². The molecule has 0 spiro atoms. The number of halogens is 2. The number of anilines is 2. The number of benzene rings is 3. The summed E-state index contributed by atoms with van der Waals surface area (Å²) in [6.45, 7) is -0.202. The van der Waals surface area contributed by atoms with Gasteiger partial charge in [0.15, 0.2) is 12.4 Å². The normalized spacial score (nSPS) is 15.1. The van der Waals surface area contributed by atoms with Crippen LogP contribution in [0.25, 0.3) is 0 Å². The zero-order chi connectivity index (χ0) is 24.9. The third kappa shape index (κ3) is 5.99. The average Bonchev–Trinajstić information content (AvgIpc) is 3.25. The lowest BCUT2D eigenvalue weighted by atomic mass is 10.1. The predicted octanol–water partition coefficient (Wildman–Crippen LogP) is 4.62. The van der Waals surface area contributed by atoms with Gasteiger partial charge in [0.1, 0.15) is 5.82 Å². The number of Topliss-reactive ketones (excluding diaryl/α,β-unsaturated/α-hetero) is 1. The van der Waals surface area contributed by atoms with Crippen molar-refractivity contribution in [2.24, 2.45) is 5.92 Å². The number of ether oxygens (including phenoxy) is 1. The lowest BCUT2D eigenvalue weighted by Crippen LogP contribution is -2.28. The smallest absolute Gasteiger partial charge is 0.338 e. The first-order chi connectivity index (χ1) is 16.8. The summed E-state index contributed by atoms with van der Waals surface area (Å²) in [6, 6.07) is 18.3. The lowest BCUT2D eigenvalue weighted by Gasteiger charge is -2.16. The van der Waals surface area contributed by atoms with Gasteiger partial charge in [0.05, 0.1) is 11.5 Å². The van der Waals surface area contributed by atoms with Crippen LogP contribution in [0.15, 0.2) is 77.3 Å². The van der Waals surface area contributed by atoms with E-state index in [2.05, 4.69) is 21.2 Å². The first-order valence-corrected chi connectivity index (χ1v) is 11.5. The molecule has 7 nitrogen and oxygen atoms in total. The monoisotopic (exact) mass is 538 g/mol. The van der Waals surface area contributed by atoms with Gasteiger partial charge in [-0.2, -0.15) is 0 Å². The maximum atomic E-state index is 13.1. The maximum absolute atomic E-state index is 13.1. The summed E-state index contributed by atoms with van der Waals surface area (Å²) in [5.74, 6) is -2.51. The van der Waals surface area contributed by atoms with E-state index in [9.17, 15) is 23.6 Å². The average molecular weight is 539 g/mol. The molecule has 35 heavy (non-hydrogen) atoms. The van der Waals surface area contributed by atoms with Gasteiger partial charge in [0.25, 0.3) is 0 Å². The molecule has 0 saturated carbocycles. The van der Waals surface area contributed by atoms with E-state index in [-0.39, 0.29) is 42.7 Å². The molecule has 0 aromatic heterocycles. The van der Waals surface area contributed by atoms with E-state index in [1.165, 1.54) is 41.3 Å². The van der Waals surface area contributed by atoms with Gasteiger partial charge in [0, 0.05) is 34.4 Å². The standard InChI is InChI=1S/C26H20BrFN2O5/c27-19-5-1-16(2-6-19)23(31)15-35-26(34)17-3-9-21(10-4-17)29-25(33)18-13-24(32)30(14-18)22-11-7-20(28)8-12-22/h1-12,18H,13-15H2,(H,29,33)/t18-/m0/s1. The lowest BCUT2D eigenvalue weighted by molar-refractivity contribution is -0.122. The van der Waals surface area contributed by atoms with Gasteiger partial charge in [0.2, 0.25) is 11.8 Å². The molecule has 0 aliphatic carbocycles. The zero-order valence-electron chi connectivity index (χ0n) is 18.4. The van der Waals surface area contributed by atoms with Crippen molar-refractivity contribution in [3.05, 3.63) is 94.2 Å². The van der Waals surface area contributed by atoms with Gasteiger partial charge in [-0.25, -0.2) is 9.18 Å². The highest BCUT2D eigenvalue weighted by Gasteiger charge is 2.35. The molecular weight excluding hydrogens is 519 g/mol. The summed E-state index contributed by atoms with van der Waals surface area (Å²) in [5, 5.41) is 2.74. The Hall–Kier alpha value is -3.85. The van der Waals surface area contributed by atoms with Crippen molar-refractivity contribution in [1.82, 2.24) is 0 Å². The first kappa shape index (κ1) is 24.3. The molecule has 0 bridgehead atoms. The minimum absolute atomic E-state index is 0.0417. The summed E-state index contributed by atoms with van der Waals surface area (Å²) in [7, 11) is 0. The molecule has 3 aromatic carbocycles. The highest BCUT2D eigenvalue weighted by molar-refractivity contribution is 9.10. The SMILES string of the molecule is O=C(COC(=O)c1ccc(NC(=O)[C@H]2CC(=O)N(c3ccc(F)cc3)C2)cc1)c1ccc(Br)cc1. The van der Waals surface area contributed by atoms with Crippen LogP contribution >= 0.6 is 15.9 Å². The molecule has 1 N–H and O–H groups in total. The Bertz CT molecular complexity index is 1260. The quantitative estimate of drug-likeness (QED) is 0.350. The van der Waals surface area contributed by atoms with Crippen molar-refractivity contribution < 1.29 is 28.3 Å². The highest BCUT2D eigenvalue weighted by Crippen LogP contribution is 2.26. The number of amides is 2. The second-order valence-electron chi connectivity index (χ2n) is 7.95. The first-order valence-electron chi connectivity index (χ1n) is 10.7. The Labute approximate surface area is 209 Å². The summed E-state index contributed by atoms with van der Waals surface area (Å²) in [5.41, 5.74) is 1.64. The molecule has 2 amide bonds. The molecule has 1 atom stereocenters. The van der Waals surface area contributed by atoms with Crippen LogP contribution in [0.5, 0.6) is 0 Å². The molecule has 178 valence electrons. The van der Waals surface area contributed by atoms with E-state index < -0.39 is 17.7 Å². The van der Waals surface area contributed by atoms with E-state index in [1.807, 2.05) is 0 Å². The number of esters is 1. The Balaban J connectivity index is 1.30. The molecule has 4 rings (SSSR count). The van der Waals surface area contributed by atoms with E-state index in [0.29, 0.717) is 16.9 Å². The molecule has 0 unspecified atom stereocenters. The predicted molar refractivity (Wildman–Crippen MR) is 131 cm³/mol.